The van der Waals surface area contributed by atoms with Crippen molar-refractivity contribution in [3.63, 3.8) is 0 Å². The highest BCUT2D eigenvalue weighted by Gasteiger charge is 2.22. The van der Waals surface area contributed by atoms with Gasteiger partial charge in [0.05, 0.1) is 0 Å². The van der Waals surface area contributed by atoms with Crippen LogP contribution in [0.25, 0.3) is 0 Å². The second-order valence-corrected chi connectivity index (χ2v) is 6.70. The Kier molecular flexibility index (Phi) is 13.8. The normalized spacial score (nSPS) is 22.5. The standard InChI is InChI=1S/C10H20O.C8H18O/c1-8(2)10-5-3-9(7-11)4-6-10;1-2-3-4-5-6-7-8-9/h8-11H,3-7H2,1-2H3;9H,2-8H2,1H3. The van der Waals surface area contributed by atoms with Gasteiger partial charge in [0.25, 0.3) is 0 Å². The first-order chi connectivity index (χ1) is 9.65. The molecule has 0 spiro atoms. The quantitative estimate of drug-likeness (QED) is 0.630. The van der Waals surface area contributed by atoms with Gasteiger partial charge in [-0.05, 0) is 49.9 Å². The van der Waals surface area contributed by atoms with E-state index in [4.69, 9.17) is 10.2 Å². The van der Waals surface area contributed by atoms with Crippen LogP contribution in [-0.4, -0.2) is 23.4 Å². The molecule has 1 saturated carbocycles. The largest absolute Gasteiger partial charge is 0.396 e. The summed E-state index contributed by atoms with van der Waals surface area (Å²) in [4.78, 5) is 0. The van der Waals surface area contributed by atoms with Crippen LogP contribution in [0.4, 0.5) is 0 Å². The summed E-state index contributed by atoms with van der Waals surface area (Å²) in [5.41, 5.74) is 0. The lowest BCUT2D eigenvalue weighted by Crippen LogP contribution is -2.20. The van der Waals surface area contributed by atoms with E-state index in [-0.39, 0.29) is 0 Å². The zero-order chi connectivity index (χ0) is 15.2. The maximum Gasteiger partial charge on any atom is 0.0459 e. The molecule has 1 fully saturated rings. The van der Waals surface area contributed by atoms with E-state index >= 15 is 0 Å². The highest BCUT2D eigenvalue weighted by Crippen LogP contribution is 2.32. The fraction of sp³-hybridized carbons (Fsp3) is 1.00. The molecule has 2 heteroatoms. The molecule has 0 bridgehead atoms. The van der Waals surface area contributed by atoms with Crippen molar-refractivity contribution in [3.05, 3.63) is 0 Å². The third-order valence-corrected chi connectivity index (χ3v) is 4.60. The number of aliphatic hydroxyl groups excluding tert-OH is 2. The summed E-state index contributed by atoms with van der Waals surface area (Å²) in [7, 11) is 0. The first-order valence-electron chi connectivity index (χ1n) is 8.87. The van der Waals surface area contributed by atoms with Gasteiger partial charge in [-0.25, -0.2) is 0 Å². The SMILES string of the molecule is CC(C)C1CCC(CO)CC1.CCCCCCCCO. The average Bonchev–Trinajstić information content (AvgIpc) is 2.48. The Balaban J connectivity index is 0.000000370. The van der Waals surface area contributed by atoms with E-state index < -0.39 is 0 Å². The third kappa shape index (κ3) is 10.7. The van der Waals surface area contributed by atoms with Crippen LogP contribution in [0.1, 0.15) is 85.0 Å². The van der Waals surface area contributed by atoms with E-state index in [1.807, 2.05) is 0 Å². The predicted molar refractivity (Wildman–Crippen MR) is 87.8 cm³/mol. The summed E-state index contributed by atoms with van der Waals surface area (Å²) in [5.74, 6) is 2.39. The fourth-order valence-corrected chi connectivity index (χ4v) is 2.93. The van der Waals surface area contributed by atoms with E-state index in [0.717, 1.165) is 18.3 Å². The number of hydrogen-bond acceptors (Lipinski definition) is 2. The molecule has 2 nitrogen and oxygen atoms in total. The summed E-state index contributed by atoms with van der Waals surface area (Å²) in [6.07, 6.45) is 12.7. The summed E-state index contributed by atoms with van der Waals surface area (Å²) in [6.45, 7) is 7.61. The molecule has 0 aromatic rings. The third-order valence-electron chi connectivity index (χ3n) is 4.60. The molecule has 122 valence electrons. The zero-order valence-electron chi connectivity index (χ0n) is 14.1. The van der Waals surface area contributed by atoms with E-state index in [0.29, 0.717) is 19.1 Å². The minimum atomic E-state index is 0.367. The van der Waals surface area contributed by atoms with Crippen LogP contribution in [0.3, 0.4) is 0 Å². The van der Waals surface area contributed by atoms with Crippen LogP contribution < -0.4 is 0 Å². The van der Waals surface area contributed by atoms with Gasteiger partial charge in [0.15, 0.2) is 0 Å². The van der Waals surface area contributed by atoms with Gasteiger partial charge >= 0.3 is 0 Å². The van der Waals surface area contributed by atoms with Crippen molar-refractivity contribution in [2.45, 2.75) is 85.0 Å². The van der Waals surface area contributed by atoms with Crippen LogP contribution in [0.5, 0.6) is 0 Å². The van der Waals surface area contributed by atoms with E-state index in [9.17, 15) is 0 Å². The predicted octanol–water partition coefficient (Wildman–Crippen LogP) is 4.78. The Hall–Kier alpha value is -0.0800. The lowest BCUT2D eigenvalue weighted by Gasteiger charge is -2.29. The monoisotopic (exact) mass is 286 g/mol. The van der Waals surface area contributed by atoms with Crippen LogP contribution in [0.15, 0.2) is 0 Å². The van der Waals surface area contributed by atoms with E-state index in [1.54, 1.807) is 0 Å². The molecule has 0 amide bonds. The number of rotatable bonds is 8. The van der Waals surface area contributed by atoms with Gasteiger partial charge in [0, 0.05) is 13.2 Å². The summed E-state index contributed by atoms with van der Waals surface area (Å²) < 4.78 is 0. The number of hydrogen-bond donors (Lipinski definition) is 2. The molecular formula is C18H38O2. The van der Waals surface area contributed by atoms with Gasteiger partial charge < -0.3 is 10.2 Å². The molecule has 0 aliphatic heterocycles. The Morgan fingerprint density at radius 3 is 1.85 bits per heavy atom. The molecule has 2 N–H and O–H groups in total. The van der Waals surface area contributed by atoms with Crippen LogP contribution in [-0.2, 0) is 0 Å². The van der Waals surface area contributed by atoms with Crippen LogP contribution >= 0.6 is 0 Å². The molecule has 1 rings (SSSR count). The van der Waals surface area contributed by atoms with Gasteiger partial charge in [-0.15, -0.1) is 0 Å². The van der Waals surface area contributed by atoms with Crippen molar-refractivity contribution in [2.75, 3.05) is 13.2 Å². The van der Waals surface area contributed by atoms with Crippen molar-refractivity contribution in [1.29, 1.82) is 0 Å². The molecule has 1 aliphatic rings. The molecule has 0 radical (unpaired) electrons. The second kappa shape index (κ2) is 13.9. The highest BCUT2D eigenvalue weighted by atomic mass is 16.3. The minimum absolute atomic E-state index is 0.367. The lowest BCUT2D eigenvalue weighted by molar-refractivity contribution is 0.151. The maximum atomic E-state index is 8.92. The topological polar surface area (TPSA) is 40.5 Å². The first kappa shape index (κ1) is 19.9. The Bertz CT molecular complexity index is 178. The smallest absolute Gasteiger partial charge is 0.0459 e. The molecule has 0 saturated heterocycles. The van der Waals surface area contributed by atoms with E-state index in [1.165, 1.54) is 57.8 Å². The zero-order valence-corrected chi connectivity index (χ0v) is 14.1. The first-order valence-corrected chi connectivity index (χ1v) is 8.87. The molecule has 1 aliphatic carbocycles. The Morgan fingerprint density at radius 2 is 1.40 bits per heavy atom. The summed E-state index contributed by atoms with van der Waals surface area (Å²) in [6, 6.07) is 0. The number of unbranched alkanes of at least 4 members (excludes halogenated alkanes) is 5. The molecule has 0 heterocycles. The van der Waals surface area contributed by atoms with Crippen molar-refractivity contribution in [3.8, 4) is 0 Å². The molecule has 20 heavy (non-hydrogen) atoms. The van der Waals surface area contributed by atoms with E-state index in [2.05, 4.69) is 20.8 Å². The average molecular weight is 286 g/mol. The maximum absolute atomic E-state index is 8.92. The van der Waals surface area contributed by atoms with Crippen molar-refractivity contribution in [2.24, 2.45) is 17.8 Å². The Morgan fingerprint density at radius 1 is 0.850 bits per heavy atom. The van der Waals surface area contributed by atoms with Gasteiger partial charge in [0.2, 0.25) is 0 Å². The van der Waals surface area contributed by atoms with Gasteiger partial charge in [-0.3, -0.25) is 0 Å². The highest BCUT2D eigenvalue weighted by molar-refractivity contribution is 4.73. The minimum Gasteiger partial charge on any atom is -0.396 e. The second-order valence-electron chi connectivity index (χ2n) is 6.70. The summed E-state index contributed by atoms with van der Waals surface area (Å²) >= 11 is 0. The lowest BCUT2D eigenvalue weighted by atomic mass is 9.77. The summed E-state index contributed by atoms with van der Waals surface area (Å²) in [5, 5.41) is 17.3. The van der Waals surface area contributed by atoms with Gasteiger partial charge in [-0.1, -0.05) is 52.9 Å². The molecule has 0 atom stereocenters. The van der Waals surface area contributed by atoms with Crippen molar-refractivity contribution in [1.82, 2.24) is 0 Å². The molecule has 0 aromatic carbocycles. The van der Waals surface area contributed by atoms with Crippen molar-refractivity contribution >= 4 is 0 Å². The van der Waals surface area contributed by atoms with Gasteiger partial charge in [0.1, 0.15) is 0 Å². The van der Waals surface area contributed by atoms with Crippen molar-refractivity contribution < 1.29 is 10.2 Å². The van der Waals surface area contributed by atoms with Crippen LogP contribution in [0, 0.1) is 17.8 Å². The van der Waals surface area contributed by atoms with Crippen LogP contribution in [0.2, 0.25) is 0 Å². The van der Waals surface area contributed by atoms with Gasteiger partial charge in [-0.2, -0.15) is 0 Å². The number of aliphatic hydroxyl groups is 2. The fourth-order valence-electron chi connectivity index (χ4n) is 2.93. The molecular weight excluding hydrogens is 248 g/mol. The Labute approximate surface area is 127 Å². The molecule has 0 aromatic heterocycles. The molecule has 0 unspecified atom stereocenters.